The molecule has 0 fully saturated rings. The normalized spacial score (nSPS) is 10.7. The number of nitrogens with one attached hydrogen (secondary N) is 1. The first kappa shape index (κ1) is 14.9. The Morgan fingerprint density at radius 3 is 2.56 bits per heavy atom. The van der Waals surface area contributed by atoms with Crippen LogP contribution in [0.4, 0.5) is 5.69 Å². The van der Waals surface area contributed by atoms with Gasteiger partial charge in [-0.15, -0.1) is 0 Å². The van der Waals surface area contributed by atoms with Gasteiger partial charge < -0.3 is 10.4 Å². The van der Waals surface area contributed by atoms with Gasteiger partial charge in [0, 0.05) is 0 Å². The molecular formula is C19H14N4O2. The van der Waals surface area contributed by atoms with Crippen molar-refractivity contribution < 1.29 is 9.90 Å². The number of anilines is 1. The van der Waals surface area contributed by atoms with Crippen molar-refractivity contribution in [3.05, 3.63) is 78.8 Å². The highest BCUT2D eigenvalue weighted by Gasteiger charge is 2.11. The largest absolute Gasteiger partial charge is 0.507 e. The monoisotopic (exact) mass is 330 g/mol. The molecule has 122 valence electrons. The van der Waals surface area contributed by atoms with E-state index in [0.717, 1.165) is 11.0 Å². The topological polar surface area (TPSA) is 80.0 Å². The number of amides is 1. The number of fused-ring (bicyclic) bond motifs is 1. The van der Waals surface area contributed by atoms with Gasteiger partial charge in [-0.1, -0.05) is 24.3 Å². The second kappa shape index (κ2) is 6.09. The summed E-state index contributed by atoms with van der Waals surface area (Å²) in [6, 6.07) is 17.7. The molecule has 2 heterocycles. The second-order valence-electron chi connectivity index (χ2n) is 5.48. The summed E-state index contributed by atoms with van der Waals surface area (Å²) in [5, 5.41) is 12.5. The van der Waals surface area contributed by atoms with E-state index in [1.807, 2.05) is 28.8 Å². The summed E-state index contributed by atoms with van der Waals surface area (Å²) in [5.41, 5.74) is 2.61. The molecule has 0 bridgehead atoms. The van der Waals surface area contributed by atoms with Gasteiger partial charge in [0.05, 0.1) is 28.5 Å². The van der Waals surface area contributed by atoms with Gasteiger partial charge in [-0.05, 0) is 36.4 Å². The Bertz CT molecular complexity index is 1050. The zero-order chi connectivity index (χ0) is 17.2. The highest BCUT2D eigenvalue weighted by molar-refractivity contribution is 6.06. The van der Waals surface area contributed by atoms with E-state index < -0.39 is 0 Å². The fraction of sp³-hybridized carbons (Fsp3) is 0. The minimum atomic E-state index is -0.388. The van der Waals surface area contributed by atoms with Gasteiger partial charge in [0.15, 0.2) is 0 Å². The molecule has 0 saturated carbocycles. The van der Waals surface area contributed by atoms with Crippen LogP contribution >= 0.6 is 0 Å². The van der Waals surface area contributed by atoms with Gasteiger partial charge in [-0.2, -0.15) is 0 Å². The van der Waals surface area contributed by atoms with Crippen molar-refractivity contribution in [2.75, 3.05) is 5.32 Å². The summed E-state index contributed by atoms with van der Waals surface area (Å²) in [6.45, 7) is 0. The van der Waals surface area contributed by atoms with Crippen molar-refractivity contribution in [1.29, 1.82) is 0 Å². The first-order valence-electron chi connectivity index (χ1n) is 7.70. The molecule has 4 rings (SSSR count). The van der Waals surface area contributed by atoms with Crippen molar-refractivity contribution in [3.63, 3.8) is 0 Å². The predicted molar refractivity (Wildman–Crippen MR) is 94.9 cm³/mol. The van der Waals surface area contributed by atoms with Gasteiger partial charge in [-0.25, -0.2) is 9.97 Å². The zero-order valence-electron chi connectivity index (χ0n) is 13.1. The van der Waals surface area contributed by atoms with E-state index in [0.29, 0.717) is 11.5 Å². The van der Waals surface area contributed by atoms with Crippen LogP contribution in [0.2, 0.25) is 0 Å². The number of imidazole rings is 1. The third-order valence-electron chi connectivity index (χ3n) is 3.85. The van der Waals surface area contributed by atoms with E-state index in [1.165, 1.54) is 6.07 Å². The average Bonchev–Trinajstić information content (AvgIpc) is 3.07. The average molecular weight is 330 g/mol. The molecule has 6 heteroatoms. The fourth-order valence-corrected chi connectivity index (χ4v) is 2.61. The molecule has 0 unspecified atom stereocenters. The third kappa shape index (κ3) is 2.81. The maximum Gasteiger partial charge on any atom is 0.259 e. The first-order valence-corrected chi connectivity index (χ1v) is 7.70. The lowest BCUT2D eigenvalue weighted by atomic mass is 10.2. The van der Waals surface area contributed by atoms with Crippen LogP contribution in [0.15, 0.2) is 73.2 Å². The Balaban J connectivity index is 1.58. The number of aromatic hydroxyl groups is 1. The summed E-state index contributed by atoms with van der Waals surface area (Å²) in [7, 11) is 0. The van der Waals surface area contributed by atoms with Crippen LogP contribution in [0.3, 0.4) is 0 Å². The smallest absolute Gasteiger partial charge is 0.259 e. The first-order chi connectivity index (χ1) is 12.2. The lowest BCUT2D eigenvalue weighted by molar-refractivity contribution is 0.102. The molecule has 0 aliphatic rings. The van der Waals surface area contributed by atoms with Crippen molar-refractivity contribution in [3.8, 4) is 11.6 Å². The molecule has 2 N–H and O–H groups in total. The highest BCUT2D eigenvalue weighted by atomic mass is 16.3. The number of carbonyl (C=O) groups excluding carboxylic acids is 1. The maximum atomic E-state index is 12.2. The Kier molecular flexibility index (Phi) is 3.63. The standard InChI is InChI=1S/C19H14N4O2/c24-17-8-4-1-5-14(17)19(25)22-13-9-10-18(20-11-13)23-12-21-15-6-2-3-7-16(15)23/h1-12,24H,(H,22,25). The van der Waals surface area contributed by atoms with Crippen LogP contribution in [0.1, 0.15) is 10.4 Å². The molecule has 1 amide bonds. The number of benzene rings is 2. The lowest BCUT2D eigenvalue weighted by Crippen LogP contribution is -2.12. The van der Waals surface area contributed by atoms with Gasteiger partial charge in [-0.3, -0.25) is 9.36 Å². The number of hydrogen-bond acceptors (Lipinski definition) is 4. The molecule has 0 radical (unpaired) electrons. The van der Waals surface area contributed by atoms with Crippen LogP contribution in [0.25, 0.3) is 16.9 Å². The highest BCUT2D eigenvalue weighted by Crippen LogP contribution is 2.19. The van der Waals surface area contributed by atoms with Gasteiger partial charge in [0.25, 0.3) is 5.91 Å². The summed E-state index contributed by atoms with van der Waals surface area (Å²) >= 11 is 0. The van der Waals surface area contributed by atoms with E-state index in [4.69, 9.17) is 0 Å². The Morgan fingerprint density at radius 2 is 1.76 bits per heavy atom. The quantitative estimate of drug-likeness (QED) is 0.603. The van der Waals surface area contributed by atoms with E-state index >= 15 is 0 Å². The fourth-order valence-electron chi connectivity index (χ4n) is 2.61. The Labute approximate surface area is 143 Å². The molecular weight excluding hydrogens is 316 g/mol. The molecule has 0 aliphatic carbocycles. The molecule has 4 aromatic rings. The third-order valence-corrected chi connectivity index (χ3v) is 3.85. The zero-order valence-corrected chi connectivity index (χ0v) is 13.1. The van der Waals surface area contributed by atoms with Gasteiger partial charge in [0.1, 0.15) is 17.9 Å². The molecule has 0 spiro atoms. The van der Waals surface area contributed by atoms with Crippen molar-refractivity contribution >= 4 is 22.6 Å². The van der Waals surface area contributed by atoms with Crippen LogP contribution < -0.4 is 5.32 Å². The molecule has 25 heavy (non-hydrogen) atoms. The van der Waals surface area contributed by atoms with Crippen LogP contribution in [-0.2, 0) is 0 Å². The maximum absolute atomic E-state index is 12.2. The number of rotatable bonds is 3. The van der Waals surface area contributed by atoms with Crippen LogP contribution in [0.5, 0.6) is 5.75 Å². The predicted octanol–water partition coefficient (Wildman–Crippen LogP) is 3.38. The number of para-hydroxylation sites is 3. The number of phenolic OH excluding ortho intramolecular Hbond substituents is 1. The lowest BCUT2D eigenvalue weighted by Gasteiger charge is -2.08. The minimum Gasteiger partial charge on any atom is -0.507 e. The SMILES string of the molecule is O=C(Nc1ccc(-n2cnc3ccccc32)nc1)c1ccccc1O. The number of hydrogen-bond donors (Lipinski definition) is 2. The minimum absolute atomic E-state index is 0.0607. The molecule has 0 atom stereocenters. The van der Waals surface area contributed by atoms with Crippen molar-refractivity contribution in [2.45, 2.75) is 0 Å². The van der Waals surface area contributed by atoms with Gasteiger partial charge in [0.2, 0.25) is 0 Å². The number of phenols is 1. The van der Waals surface area contributed by atoms with E-state index in [-0.39, 0.29) is 17.2 Å². The van der Waals surface area contributed by atoms with Crippen molar-refractivity contribution in [2.24, 2.45) is 0 Å². The number of carbonyl (C=O) groups is 1. The Hall–Kier alpha value is -3.67. The van der Waals surface area contributed by atoms with E-state index in [1.54, 1.807) is 42.9 Å². The molecule has 0 saturated heterocycles. The van der Waals surface area contributed by atoms with Crippen molar-refractivity contribution in [1.82, 2.24) is 14.5 Å². The Morgan fingerprint density at radius 1 is 0.960 bits per heavy atom. The van der Waals surface area contributed by atoms with E-state index in [9.17, 15) is 9.90 Å². The summed E-state index contributed by atoms with van der Waals surface area (Å²) < 4.78 is 1.88. The second-order valence-corrected chi connectivity index (χ2v) is 5.48. The van der Waals surface area contributed by atoms with Crippen LogP contribution in [-0.4, -0.2) is 25.5 Å². The number of aromatic nitrogens is 3. The molecule has 2 aromatic heterocycles. The number of nitrogens with zero attached hydrogens (tertiary/aromatic N) is 3. The molecule has 6 nitrogen and oxygen atoms in total. The van der Waals surface area contributed by atoms with Gasteiger partial charge >= 0.3 is 0 Å². The summed E-state index contributed by atoms with van der Waals surface area (Å²) in [4.78, 5) is 20.9. The van der Waals surface area contributed by atoms with Crippen LogP contribution in [0, 0.1) is 0 Å². The van der Waals surface area contributed by atoms with E-state index in [2.05, 4.69) is 15.3 Å². The summed E-state index contributed by atoms with van der Waals surface area (Å²) in [6.07, 6.45) is 3.29. The number of pyridine rings is 1. The molecule has 0 aliphatic heterocycles. The molecule has 2 aromatic carbocycles. The summed E-state index contributed by atoms with van der Waals surface area (Å²) in [5.74, 6) is 0.254.